The van der Waals surface area contributed by atoms with E-state index < -0.39 is 0 Å². The van der Waals surface area contributed by atoms with E-state index in [2.05, 4.69) is 153 Å². The van der Waals surface area contributed by atoms with E-state index in [1.54, 1.807) is 0 Å². The van der Waals surface area contributed by atoms with Crippen LogP contribution in [0.25, 0.3) is 0 Å². The molecule has 10 nitrogen and oxygen atoms in total. The molecule has 0 saturated carbocycles. The van der Waals surface area contributed by atoms with Crippen molar-refractivity contribution in [3.05, 3.63) is 250 Å². The summed E-state index contributed by atoms with van der Waals surface area (Å²) in [5.74, 6) is 0. The molecule has 0 unspecified atom stereocenters. The maximum absolute atomic E-state index is 5.27. The SMILES string of the molecule is c1ccc(CN2Cc3ccc(cc3)CN(Cc3ccccn3)Cc3cccc(n3)CN(Cc3ccccn3)Cc3ccc(cc3)CN(Cc3ccccn3)Cc3cccc(n3)C2)nc1. The van der Waals surface area contributed by atoms with Crippen molar-refractivity contribution in [2.45, 2.75) is 78.5 Å². The highest BCUT2D eigenvalue weighted by molar-refractivity contribution is 5.25. The molecule has 10 heterocycles. The molecule has 8 aromatic rings. The van der Waals surface area contributed by atoms with E-state index in [9.17, 15) is 0 Å². The molecule has 8 bridgehead atoms. The summed E-state index contributed by atoms with van der Waals surface area (Å²) in [5, 5.41) is 0. The molecule has 10 heteroatoms. The average molecular weight is 843 g/mol. The van der Waals surface area contributed by atoms with Gasteiger partial charge in [0.15, 0.2) is 0 Å². The Morgan fingerprint density at radius 1 is 0.266 bits per heavy atom. The van der Waals surface area contributed by atoms with Gasteiger partial charge in [0.1, 0.15) is 0 Å². The maximum atomic E-state index is 5.27. The van der Waals surface area contributed by atoms with Crippen molar-refractivity contribution in [3.63, 3.8) is 0 Å². The van der Waals surface area contributed by atoms with Gasteiger partial charge in [0.05, 0.1) is 45.6 Å². The minimum Gasteiger partial charge on any atom is -0.287 e. The standard InChI is InChI=1S/C54H54N10/c1-5-27-55-47(11-1)35-61-31-43-19-21-44(22-20-43)32-63(37-49-13-3-7-29-57-49)41-53-17-10-18-54(60-53)42-64(38-50-14-4-8-30-58-50)34-46-25-23-45(24-26-46)33-62(36-48-12-2-6-28-56-48)40-52-16-9-15-51(39-61)59-52/h1-30H,31-42H2. The van der Waals surface area contributed by atoms with E-state index in [4.69, 9.17) is 29.9 Å². The Labute approximate surface area is 377 Å². The topological polar surface area (TPSA) is 90.3 Å². The van der Waals surface area contributed by atoms with E-state index in [1.165, 1.54) is 22.3 Å². The molecule has 0 amide bonds. The van der Waals surface area contributed by atoms with Gasteiger partial charge in [-0.15, -0.1) is 0 Å². The van der Waals surface area contributed by atoms with Gasteiger partial charge >= 0.3 is 0 Å². The summed E-state index contributed by atoms with van der Waals surface area (Å²) in [5.41, 5.74) is 13.2. The minimum absolute atomic E-state index is 0.690. The fourth-order valence-electron chi connectivity index (χ4n) is 8.41. The van der Waals surface area contributed by atoms with Crippen LogP contribution in [0.15, 0.2) is 183 Å². The monoisotopic (exact) mass is 842 g/mol. The van der Waals surface area contributed by atoms with E-state index in [0.717, 1.165) is 71.7 Å². The van der Waals surface area contributed by atoms with Gasteiger partial charge in [-0.25, -0.2) is 0 Å². The van der Waals surface area contributed by atoms with Gasteiger partial charge in [-0.3, -0.25) is 49.5 Å². The first kappa shape index (κ1) is 42.5. The van der Waals surface area contributed by atoms with Crippen molar-refractivity contribution in [3.8, 4) is 0 Å². The molecule has 0 aliphatic carbocycles. The Kier molecular flexibility index (Phi) is 14.3. The second-order valence-electron chi connectivity index (χ2n) is 16.7. The maximum Gasteiger partial charge on any atom is 0.0548 e. The lowest BCUT2D eigenvalue weighted by atomic mass is 10.1. The van der Waals surface area contributed by atoms with E-state index in [-0.39, 0.29) is 0 Å². The first-order chi connectivity index (χ1) is 31.6. The zero-order valence-corrected chi connectivity index (χ0v) is 36.3. The molecule has 0 fully saturated rings. The molecule has 0 spiro atoms. The second kappa shape index (κ2) is 21.5. The first-order valence-electron chi connectivity index (χ1n) is 22.1. The van der Waals surface area contributed by atoms with Crippen LogP contribution in [-0.2, 0) is 78.5 Å². The Hall–Kier alpha value is -6.82. The number of benzene rings is 2. The van der Waals surface area contributed by atoms with Crippen molar-refractivity contribution < 1.29 is 0 Å². The Bertz CT molecular complexity index is 2270. The van der Waals surface area contributed by atoms with E-state index in [1.807, 2.05) is 49.1 Å². The molecule has 12 rings (SSSR count). The molecule has 4 aliphatic rings. The van der Waals surface area contributed by atoms with Gasteiger partial charge in [0.2, 0.25) is 0 Å². The van der Waals surface area contributed by atoms with Gasteiger partial charge < -0.3 is 0 Å². The highest BCUT2D eigenvalue weighted by Crippen LogP contribution is 2.21. The summed E-state index contributed by atoms with van der Waals surface area (Å²) in [6, 6.07) is 55.6. The van der Waals surface area contributed by atoms with Crippen molar-refractivity contribution in [1.82, 2.24) is 49.5 Å². The number of rotatable bonds is 8. The molecule has 6 aromatic heterocycles. The predicted octanol–water partition coefficient (Wildman–Crippen LogP) is 9.18. The summed E-state index contributed by atoms with van der Waals surface area (Å²) < 4.78 is 0. The van der Waals surface area contributed by atoms with Crippen LogP contribution >= 0.6 is 0 Å². The van der Waals surface area contributed by atoms with Crippen LogP contribution in [0.3, 0.4) is 0 Å². The minimum atomic E-state index is 0.690. The zero-order valence-electron chi connectivity index (χ0n) is 36.3. The molecule has 0 atom stereocenters. The third-order valence-corrected chi connectivity index (χ3v) is 11.4. The smallest absolute Gasteiger partial charge is 0.0548 e. The Balaban J connectivity index is 1.05. The fourth-order valence-corrected chi connectivity index (χ4v) is 8.41. The third kappa shape index (κ3) is 12.6. The number of aromatic nitrogens is 6. The summed E-state index contributed by atoms with van der Waals surface area (Å²) in [6.07, 6.45) is 7.49. The molecule has 0 saturated heterocycles. The largest absolute Gasteiger partial charge is 0.287 e. The molecular formula is C54H54N10. The third-order valence-electron chi connectivity index (χ3n) is 11.4. The van der Waals surface area contributed by atoms with Crippen LogP contribution in [0, 0.1) is 0 Å². The first-order valence-corrected chi connectivity index (χ1v) is 22.1. The summed E-state index contributed by atoms with van der Waals surface area (Å²) >= 11 is 0. The Morgan fingerprint density at radius 2 is 0.516 bits per heavy atom. The summed E-state index contributed by atoms with van der Waals surface area (Å²) in [4.78, 5) is 39.1. The van der Waals surface area contributed by atoms with E-state index in [0.29, 0.717) is 52.4 Å². The average Bonchev–Trinajstić information content (AvgIpc) is 3.31. The van der Waals surface area contributed by atoms with Crippen molar-refractivity contribution in [1.29, 1.82) is 0 Å². The number of nitrogens with zero attached hydrogens (tertiary/aromatic N) is 10. The van der Waals surface area contributed by atoms with Crippen LogP contribution < -0.4 is 0 Å². The number of hydrogen-bond acceptors (Lipinski definition) is 10. The van der Waals surface area contributed by atoms with Gasteiger partial charge in [-0.05, 0) is 95.1 Å². The fraction of sp³-hybridized carbons (Fsp3) is 0.222. The lowest BCUT2D eigenvalue weighted by molar-refractivity contribution is 0.232. The molecule has 4 aliphatic heterocycles. The van der Waals surface area contributed by atoms with Crippen molar-refractivity contribution in [2.75, 3.05) is 0 Å². The quantitative estimate of drug-likeness (QED) is 0.148. The van der Waals surface area contributed by atoms with Gasteiger partial charge in [0.25, 0.3) is 0 Å². The number of hydrogen-bond donors (Lipinski definition) is 0. The van der Waals surface area contributed by atoms with Crippen molar-refractivity contribution in [2.24, 2.45) is 0 Å². The van der Waals surface area contributed by atoms with Crippen LogP contribution in [0.4, 0.5) is 0 Å². The summed E-state index contributed by atoms with van der Waals surface area (Å²) in [7, 11) is 0. The van der Waals surface area contributed by atoms with Crippen LogP contribution in [-0.4, -0.2) is 49.5 Å². The van der Waals surface area contributed by atoms with Gasteiger partial charge in [-0.2, -0.15) is 0 Å². The molecule has 2 aromatic carbocycles. The highest BCUT2D eigenvalue weighted by atomic mass is 15.2. The van der Waals surface area contributed by atoms with E-state index >= 15 is 0 Å². The van der Waals surface area contributed by atoms with Crippen LogP contribution in [0.5, 0.6) is 0 Å². The van der Waals surface area contributed by atoms with Crippen LogP contribution in [0.2, 0.25) is 0 Å². The second-order valence-corrected chi connectivity index (χ2v) is 16.7. The zero-order chi connectivity index (χ0) is 43.2. The Morgan fingerprint density at radius 3 is 0.734 bits per heavy atom. The lowest BCUT2D eigenvalue weighted by Gasteiger charge is -2.25. The molecule has 64 heavy (non-hydrogen) atoms. The normalized spacial score (nSPS) is 15.0. The van der Waals surface area contributed by atoms with Crippen molar-refractivity contribution >= 4 is 0 Å². The van der Waals surface area contributed by atoms with Gasteiger partial charge in [0, 0.05) is 103 Å². The number of pyridine rings is 6. The molecule has 320 valence electrons. The molecule has 0 N–H and O–H groups in total. The van der Waals surface area contributed by atoms with Crippen LogP contribution in [0.1, 0.15) is 67.8 Å². The lowest BCUT2D eigenvalue weighted by Crippen LogP contribution is -2.26. The molecule has 0 radical (unpaired) electrons. The summed E-state index contributed by atoms with van der Waals surface area (Å²) in [6.45, 7) is 8.64. The predicted molar refractivity (Wildman–Crippen MR) is 250 cm³/mol. The molecular weight excluding hydrogens is 789 g/mol. The highest BCUT2D eigenvalue weighted by Gasteiger charge is 2.17. The van der Waals surface area contributed by atoms with Gasteiger partial charge in [-0.1, -0.05) is 84.9 Å².